The Morgan fingerprint density at radius 3 is 3.00 bits per heavy atom. The fraction of sp³-hybridized carbons (Fsp3) is 0.571. The Balaban J connectivity index is 2.09. The minimum Gasteiger partial charge on any atom is -0.363 e. The summed E-state index contributed by atoms with van der Waals surface area (Å²) in [5.74, 6) is 0. The molecule has 1 fully saturated rings. The van der Waals surface area contributed by atoms with Gasteiger partial charge in [0.15, 0.2) is 0 Å². The smallest absolute Gasteiger partial charge is 0.0459 e. The lowest BCUT2D eigenvalue weighted by Gasteiger charge is -2.39. The van der Waals surface area contributed by atoms with Crippen molar-refractivity contribution in [3.63, 3.8) is 0 Å². The van der Waals surface area contributed by atoms with E-state index in [0.29, 0.717) is 12.1 Å². The van der Waals surface area contributed by atoms with Crippen LogP contribution < -0.4 is 10.2 Å². The summed E-state index contributed by atoms with van der Waals surface area (Å²) in [6, 6.07) is 5.97. The maximum absolute atomic E-state index is 3.55. The zero-order chi connectivity index (χ0) is 12.0. The van der Waals surface area contributed by atoms with Gasteiger partial charge in [-0.15, -0.1) is 0 Å². The van der Waals surface area contributed by atoms with Gasteiger partial charge in [0.2, 0.25) is 0 Å². The second kappa shape index (κ2) is 4.43. The first-order chi connectivity index (χ1) is 8.22. The van der Waals surface area contributed by atoms with E-state index in [2.05, 4.69) is 58.8 Å². The van der Waals surface area contributed by atoms with Gasteiger partial charge in [-0.25, -0.2) is 0 Å². The summed E-state index contributed by atoms with van der Waals surface area (Å²) in [5.41, 5.74) is 6.10. The Bertz CT molecular complexity index is 444. The number of halogens is 1. The van der Waals surface area contributed by atoms with Crippen LogP contribution in [0.15, 0.2) is 12.1 Å². The van der Waals surface area contributed by atoms with Crippen LogP contribution in [0.2, 0.25) is 0 Å². The van der Waals surface area contributed by atoms with E-state index in [9.17, 15) is 0 Å². The molecule has 2 nitrogen and oxygen atoms in total. The molecule has 17 heavy (non-hydrogen) atoms. The number of nitrogens with zero attached hydrogens (tertiary/aromatic N) is 1. The topological polar surface area (TPSA) is 15.3 Å². The Morgan fingerprint density at radius 1 is 1.41 bits per heavy atom. The molecule has 2 heterocycles. The molecule has 0 aliphatic carbocycles. The van der Waals surface area contributed by atoms with Crippen molar-refractivity contribution < 1.29 is 0 Å². The third-order valence-electron chi connectivity index (χ3n) is 4.17. The number of hydrogen-bond donors (Lipinski definition) is 1. The summed E-state index contributed by atoms with van der Waals surface area (Å²) in [5, 5.41) is 3.55. The van der Waals surface area contributed by atoms with Gasteiger partial charge < -0.3 is 10.2 Å². The first-order valence-corrected chi connectivity index (χ1v) is 7.91. The fourth-order valence-corrected chi connectivity index (χ4v) is 4.14. The summed E-state index contributed by atoms with van der Waals surface area (Å²) < 4.78 is 1.11. The number of anilines is 1. The standard InChI is InChI=1S/C14H19IN2/c1-9-7-16-8-13-5-11-3-4-12(6-15)10(2)14(11)17(9)13/h3-4,9,13,16H,5-8H2,1-2H3/t9-,13+/m1/s1. The first-order valence-electron chi connectivity index (χ1n) is 6.38. The average Bonchev–Trinajstić information content (AvgIpc) is 2.70. The molecule has 1 aromatic rings. The second-order valence-electron chi connectivity index (χ2n) is 5.26. The van der Waals surface area contributed by atoms with Crippen LogP contribution in [0.3, 0.4) is 0 Å². The minimum atomic E-state index is 0.623. The van der Waals surface area contributed by atoms with Crippen LogP contribution in [-0.2, 0) is 10.8 Å². The van der Waals surface area contributed by atoms with E-state index in [0.717, 1.165) is 17.5 Å². The summed E-state index contributed by atoms with van der Waals surface area (Å²) in [4.78, 5) is 2.66. The molecule has 0 amide bonds. The predicted octanol–water partition coefficient (Wildman–Crippen LogP) is 2.65. The van der Waals surface area contributed by atoms with Gasteiger partial charge >= 0.3 is 0 Å². The lowest BCUT2D eigenvalue weighted by Crippen LogP contribution is -2.55. The quantitative estimate of drug-likeness (QED) is 0.624. The lowest BCUT2D eigenvalue weighted by molar-refractivity contribution is 0.429. The van der Waals surface area contributed by atoms with E-state index in [1.54, 1.807) is 5.56 Å². The average molecular weight is 342 g/mol. The largest absolute Gasteiger partial charge is 0.363 e. The van der Waals surface area contributed by atoms with Gasteiger partial charge in [0.1, 0.15) is 0 Å². The van der Waals surface area contributed by atoms with Crippen molar-refractivity contribution in [1.29, 1.82) is 0 Å². The maximum atomic E-state index is 3.55. The molecule has 0 unspecified atom stereocenters. The zero-order valence-corrected chi connectivity index (χ0v) is 12.6. The molecule has 1 aromatic carbocycles. The normalized spacial score (nSPS) is 26.9. The summed E-state index contributed by atoms with van der Waals surface area (Å²) in [6.45, 7) is 6.89. The Morgan fingerprint density at radius 2 is 2.24 bits per heavy atom. The monoisotopic (exact) mass is 342 g/mol. The molecular weight excluding hydrogens is 323 g/mol. The molecule has 1 N–H and O–H groups in total. The van der Waals surface area contributed by atoms with Gasteiger partial charge in [0.05, 0.1) is 0 Å². The van der Waals surface area contributed by atoms with Gasteiger partial charge in [-0.3, -0.25) is 0 Å². The van der Waals surface area contributed by atoms with Gasteiger partial charge in [0, 0.05) is 35.3 Å². The van der Waals surface area contributed by atoms with Crippen LogP contribution in [0.25, 0.3) is 0 Å². The Hall–Kier alpha value is -0.290. The van der Waals surface area contributed by atoms with E-state index in [-0.39, 0.29) is 0 Å². The van der Waals surface area contributed by atoms with E-state index in [4.69, 9.17) is 0 Å². The van der Waals surface area contributed by atoms with Crippen molar-refractivity contribution in [2.75, 3.05) is 18.0 Å². The third-order valence-corrected chi connectivity index (χ3v) is 4.99. The molecule has 3 heteroatoms. The number of fused-ring (bicyclic) bond motifs is 3. The van der Waals surface area contributed by atoms with Crippen molar-refractivity contribution in [2.45, 2.75) is 36.8 Å². The van der Waals surface area contributed by atoms with E-state index < -0.39 is 0 Å². The molecule has 1 saturated heterocycles. The van der Waals surface area contributed by atoms with Gasteiger partial charge in [-0.1, -0.05) is 34.7 Å². The molecule has 92 valence electrons. The molecule has 0 radical (unpaired) electrons. The maximum Gasteiger partial charge on any atom is 0.0459 e. The van der Waals surface area contributed by atoms with Crippen molar-refractivity contribution in [2.24, 2.45) is 0 Å². The van der Waals surface area contributed by atoms with Crippen LogP contribution in [0, 0.1) is 6.92 Å². The first kappa shape index (κ1) is 11.8. The number of benzene rings is 1. The minimum absolute atomic E-state index is 0.623. The van der Waals surface area contributed by atoms with E-state index in [1.165, 1.54) is 23.2 Å². The summed E-state index contributed by atoms with van der Waals surface area (Å²) in [7, 11) is 0. The second-order valence-corrected chi connectivity index (χ2v) is 6.03. The highest BCUT2D eigenvalue weighted by Gasteiger charge is 2.36. The van der Waals surface area contributed by atoms with Crippen LogP contribution in [0.1, 0.15) is 23.6 Å². The van der Waals surface area contributed by atoms with Crippen molar-refractivity contribution in [3.05, 3.63) is 28.8 Å². The molecule has 2 atom stereocenters. The third kappa shape index (κ3) is 1.78. The Labute approximate surface area is 117 Å². The van der Waals surface area contributed by atoms with E-state index in [1.807, 2.05) is 0 Å². The highest BCUT2D eigenvalue weighted by atomic mass is 127. The molecule has 2 aliphatic rings. The molecular formula is C14H19IN2. The predicted molar refractivity (Wildman–Crippen MR) is 81.2 cm³/mol. The van der Waals surface area contributed by atoms with Crippen LogP contribution >= 0.6 is 22.6 Å². The molecule has 0 bridgehead atoms. The number of piperazine rings is 1. The number of rotatable bonds is 1. The van der Waals surface area contributed by atoms with Crippen LogP contribution in [0.4, 0.5) is 5.69 Å². The van der Waals surface area contributed by atoms with Crippen molar-refractivity contribution in [3.8, 4) is 0 Å². The molecule has 0 saturated carbocycles. The number of alkyl halides is 1. The van der Waals surface area contributed by atoms with E-state index >= 15 is 0 Å². The zero-order valence-electron chi connectivity index (χ0n) is 10.5. The SMILES string of the molecule is Cc1c(CI)ccc2c1N1[C@H](CNC[C@H]1C)C2. The molecule has 2 aliphatic heterocycles. The molecule has 0 aromatic heterocycles. The molecule has 0 spiro atoms. The number of nitrogens with one attached hydrogen (secondary N) is 1. The van der Waals surface area contributed by atoms with Crippen molar-refractivity contribution >= 4 is 28.3 Å². The van der Waals surface area contributed by atoms with Gasteiger partial charge in [-0.05, 0) is 37.0 Å². The summed E-state index contributed by atoms with van der Waals surface area (Å²) >= 11 is 2.47. The Kier molecular flexibility index (Phi) is 3.07. The lowest BCUT2D eigenvalue weighted by atomic mass is 10.0. The van der Waals surface area contributed by atoms with Gasteiger partial charge in [-0.2, -0.15) is 0 Å². The van der Waals surface area contributed by atoms with Gasteiger partial charge in [0.25, 0.3) is 0 Å². The van der Waals surface area contributed by atoms with Crippen LogP contribution in [0.5, 0.6) is 0 Å². The molecule has 3 rings (SSSR count). The summed E-state index contributed by atoms with van der Waals surface area (Å²) in [6.07, 6.45) is 1.22. The van der Waals surface area contributed by atoms with Crippen LogP contribution in [-0.4, -0.2) is 25.2 Å². The fourth-order valence-electron chi connectivity index (χ4n) is 3.31. The van der Waals surface area contributed by atoms with Crippen molar-refractivity contribution in [1.82, 2.24) is 5.32 Å². The highest BCUT2D eigenvalue weighted by molar-refractivity contribution is 14.1. The highest BCUT2D eigenvalue weighted by Crippen LogP contribution is 2.39. The number of hydrogen-bond acceptors (Lipinski definition) is 2.